The van der Waals surface area contributed by atoms with Crippen LogP contribution in [0.4, 0.5) is 0 Å². The van der Waals surface area contributed by atoms with Crippen LogP contribution in [0.1, 0.15) is 116 Å². The Kier molecular flexibility index (Phi) is 36.1. The molecule has 0 saturated heterocycles. The van der Waals surface area contributed by atoms with Gasteiger partial charge in [-0.3, -0.25) is 154 Å². The van der Waals surface area contributed by atoms with E-state index in [0.29, 0.717) is 0 Å². The third-order valence-electron chi connectivity index (χ3n) is 20.4. The number of imide groups is 8. The van der Waals surface area contributed by atoms with Crippen molar-refractivity contribution in [3.63, 3.8) is 0 Å². The van der Waals surface area contributed by atoms with Crippen molar-refractivity contribution < 1.29 is 139 Å². The van der Waals surface area contributed by atoms with Crippen LogP contribution in [0, 0.1) is 35.5 Å². The molecule has 0 aromatic rings. The molecule has 119 heavy (non-hydrogen) atoms. The van der Waals surface area contributed by atoms with Gasteiger partial charge >= 0.3 is 0 Å². The third kappa shape index (κ3) is 30.0. The predicted molar refractivity (Wildman–Crippen MR) is 405 cm³/mol. The van der Waals surface area contributed by atoms with Crippen LogP contribution < -0.4 is 0 Å². The number of hydrogen-bond donors (Lipinski definition) is 0. The average molecular weight is 1660 g/mol. The highest BCUT2D eigenvalue weighted by atomic mass is 16.5. The maximum Gasteiger partial charge on any atom is 0.253 e. The Balaban J connectivity index is 0.967. The number of ether oxygens (including phenoxy) is 5. The van der Waals surface area contributed by atoms with Crippen molar-refractivity contribution in [3.05, 3.63) is 97.2 Å². The highest BCUT2D eigenvalue weighted by Gasteiger charge is 2.34. The zero-order chi connectivity index (χ0) is 86.2. The molecule has 0 fully saturated rings. The summed E-state index contributed by atoms with van der Waals surface area (Å²) in [5, 5.41) is 0. The van der Waals surface area contributed by atoms with Gasteiger partial charge in [-0.1, -0.05) is 0 Å². The van der Waals surface area contributed by atoms with E-state index in [1.807, 2.05) is 0 Å². The monoisotopic (exact) mass is 1650 g/mol. The number of carbonyl (C=O) groups is 24. The summed E-state index contributed by atoms with van der Waals surface area (Å²) in [4.78, 5) is 314. The highest BCUT2D eigenvalue weighted by molar-refractivity contribution is 6.17. The quantitative estimate of drug-likeness (QED) is 0.0708. The van der Waals surface area contributed by atoms with Gasteiger partial charge in [-0.25, -0.2) is 0 Å². The summed E-state index contributed by atoms with van der Waals surface area (Å²) in [7, 11) is 0. The number of Topliss-reactive ketones (excluding diaryl/α,β-unsaturated/α-hetero) is 8. The summed E-state index contributed by atoms with van der Waals surface area (Å²) < 4.78 is 31.3. The fourth-order valence-electron chi connectivity index (χ4n) is 13.8. The maximum atomic E-state index is 13.9. The Morgan fingerprint density at radius 1 is 0.176 bits per heavy atom. The van der Waals surface area contributed by atoms with Gasteiger partial charge in [0.25, 0.3) is 94.5 Å². The predicted octanol–water partition coefficient (Wildman–Crippen LogP) is -0.259. The topological polar surface area (TPSA) is 482 Å². The second-order valence-electron chi connectivity index (χ2n) is 29.8. The molecule has 8 heterocycles. The van der Waals surface area contributed by atoms with Crippen molar-refractivity contribution in [1.82, 2.24) is 39.2 Å². The highest BCUT2D eigenvalue weighted by Crippen LogP contribution is 2.24. The molecular weight excluding hydrogens is 1560 g/mol. The Morgan fingerprint density at radius 3 is 0.437 bits per heavy atom. The lowest BCUT2D eigenvalue weighted by atomic mass is 9.94. The third-order valence-corrected chi connectivity index (χ3v) is 20.4. The van der Waals surface area contributed by atoms with Crippen molar-refractivity contribution in [2.24, 2.45) is 35.5 Å². The summed E-state index contributed by atoms with van der Waals surface area (Å²) in [6.45, 7) is -4.71. The first-order chi connectivity index (χ1) is 56.9. The first-order valence-corrected chi connectivity index (χ1v) is 39.2. The number of carbonyl (C=O) groups excluding carboxylic acids is 24. The van der Waals surface area contributed by atoms with Crippen LogP contribution in [-0.2, 0) is 139 Å². The van der Waals surface area contributed by atoms with Crippen LogP contribution in [0.15, 0.2) is 97.2 Å². The number of amides is 16. The SMILES string of the molecule is O=C(CCC(COCC(COCC(COCC(COCC(COCC(CCC(=O)CCN1C(=O)C=CC1=O)CC(=O)CCN1C(=O)C=CC1=O)CC(=O)CCN1C(=O)C=CC1=O)CC(=O)CCN1C(=O)C=CC1=O)CC(=O)CCN1C(=O)C=CC1=O)CC(=O)CCN1C(=O)C=CC1=O)CC(=O)CCN1C(=O)C=CC1=O)CCN1C(=O)C=CC1=O. The summed E-state index contributed by atoms with van der Waals surface area (Å²) >= 11 is 0. The van der Waals surface area contributed by atoms with Crippen LogP contribution in [-0.4, -0.2) is 298 Å². The number of rotatable bonds is 62. The summed E-state index contributed by atoms with van der Waals surface area (Å²) in [5.41, 5.74) is 0. The number of ketones is 8. The minimum atomic E-state index is -0.876. The molecule has 0 saturated carbocycles. The lowest BCUT2D eigenvalue weighted by molar-refractivity contribution is -0.139. The molecule has 0 N–H and O–H groups in total. The Bertz CT molecular complexity index is 3900. The molecule has 8 aliphatic heterocycles. The summed E-state index contributed by atoms with van der Waals surface area (Å²) in [5.74, 6) is -18.1. The molecule has 636 valence electrons. The molecule has 8 aliphatic rings. The van der Waals surface area contributed by atoms with Crippen LogP contribution in [0.5, 0.6) is 0 Å². The van der Waals surface area contributed by atoms with E-state index in [2.05, 4.69) is 0 Å². The van der Waals surface area contributed by atoms with E-state index in [0.717, 1.165) is 136 Å². The van der Waals surface area contributed by atoms with E-state index in [4.69, 9.17) is 23.7 Å². The average Bonchev–Trinajstić information content (AvgIpc) is 1.77. The molecule has 16 amide bonds. The number of nitrogens with zero attached hydrogens (tertiary/aromatic N) is 8. The molecule has 0 aromatic heterocycles. The standard InChI is InChI=1S/C82H94N8O29/c91-59(21-29-83-67(99)5-6-68(83)100)3-1-53(37-61(93)23-31-85-71(103)9-10-72(85)104)43-115-45-55(39-63(95)25-33-87-75(107)13-14-76(87)108)47-117-49-57(41-65(97)27-35-89-79(111)17-18-80(89)112)51-119-52-58(42-66(98)28-36-90-81(113)19-20-82(90)114)50-118-48-56(40-64(96)26-34-88-77(109)15-16-78(88)110)46-116-44-54(38-62(94)24-32-86-73(105)11-12-74(86)106)2-4-60(92)22-30-84-69(101)7-8-70(84)102/h5-20,53-58H,1-4,21-52H2. The Hall–Kier alpha value is -11.8. The van der Waals surface area contributed by atoms with E-state index in [9.17, 15) is 115 Å². The van der Waals surface area contributed by atoms with Crippen molar-refractivity contribution in [2.45, 2.75) is 116 Å². The molecule has 0 radical (unpaired) electrons. The molecule has 0 aromatic carbocycles. The molecule has 8 rings (SSSR count). The van der Waals surface area contributed by atoms with Crippen molar-refractivity contribution in [3.8, 4) is 0 Å². The van der Waals surface area contributed by atoms with E-state index < -0.39 is 165 Å². The molecule has 0 bridgehead atoms. The van der Waals surface area contributed by atoms with Gasteiger partial charge in [0, 0.05) is 289 Å². The van der Waals surface area contributed by atoms with Gasteiger partial charge in [-0.05, 0) is 24.7 Å². The van der Waals surface area contributed by atoms with Gasteiger partial charge in [0.05, 0.1) is 52.9 Å². The number of hydrogen-bond acceptors (Lipinski definition) is 29. The van der Waals surface area contributed by atoms with E-state index in [1.165, 1.54) is 0 Å². The minimum absolute atomic E-state index is 0.0456. The van der Waals surface area contributed by atoms with E-state index >= 15 is 0 Å². The van der Waals surface area contributed by atoms with Crippen molar-refractivity contribution in [1.29, 1.82) is 0 Å². The van der Waals surface area contributed by atoms with Gasteiger partial charge in [-0.2, -0.15) is 0 Å². The summed E-state index contributed by atoms with van der Waals surface area (Å²) in [6, 6.07) is 0. The molecule has 37 nitrogen and oxygen atoms in total. The van der Waals surface area contributed by atoms with Crippen LogP contribution in [0.25, 0.3) is 0 Å². The smallest absolute Gasteiger partial charge is 0.253 e. The molecule has 6 atom stereocenters. The zero-order valence-corrected chi connectivity index (χ0v) is 65.6. The van der Waals surface area contributed by atoms with E-state index in [-0.39, 0.29) is 246 Å². The van der Waals surface area contributed by atoms with Crippen LogP contribution in [0.3, 0.4) is 0 Å². The molecule has 37 heteroatoms. The summed E-state index contributed by atoms with van der Waals surface area (Å²) in [6.07, 6.45) is 13.0. The van der Waals surface area contributed by atoms with E-state index in [1.54, 1.807) is 0 Å². The Labute approximate surface area is 682 Å². The molecule has 0 aliphatic carbocycles. The Morgan fingerprint density at radius 2 is 0.294 bits per heavy atom. The molecule has 0 spiro atoms. The van der Waals surface area contributed by atoms with Gasteiger partial charge in [0.1, 0.15) is 46.3 Å². The van der Waals surface area contributed by atoms with Gasteiger partial charge in [0.2, 0.25) is 0 Å². The normalized spacial score (nSPS) is 17.9. The largest absolute Gasteiger partial charge is 0.381 e. The lowest BCUT2D eigenvalue weighted by Gasteiger charge is -2.24. The van der Waals surface area contributed by atoms with Crippen molar-refractivity contribution in [2.75, 3.05) is 118 Å². The zero-order valence-electron chi connectivity index (χ0n) is 65.6. The fraction of sp³-hybridized carbons (Fsp3) is 0.512. The maximum absolute atomic E-state index is 13.9. The lowest BCUT2D eigenvalue weighted by Crippen LogP contribution is -2.33. The first kappa shape index (κ1) is 92.7. The first-order valence-electron chi connectivity index (χ1n) is 39.2. The van der Waals surface area contributed by atoms with Gasteiger partial charge < -0.3 is 23.7 Å². The molecule has 6 unspecified atom stereocenters. The van der Waals surface area contributed by atoms with Crippen LogP contribution >= 0.6 is 0 Å². The van der Waals surface area contributed by atoms with Crippen LogP contribution in [0.2, 0.25) is 0 Å². The second-order valence-corrected chi connectivity index (χ2v) is 29.8. The second kappa shape index (κ2) is 46.4. The van der Waals surface area contributed by atoms with Gasteiger partial charge in [0.15, 0.2) is 0 Å². The van der Waals surface area contributed by atoms with Gasteiger partial charge in [-0.15, -0.1) is 0 Å². The molecular formula is C82H94N8O29. The fourth-order valence-corrected chi connectivity index (χ4v) is 13.8. The minimum Gasteiger partial charge on any atom is -0.381 e. The van der Waals surface area contributed by atoms with Crippen molar-refractivity contribution >= 4 is 141 Å².